The van der Waals surface area contributed by atoms with E-state index in [0.29, 0.717) is 24.0 Å². The summed E-state index contributed by atoms with van der Waals surface area (Å²) in [6, 6.07) is 0. The molecular formula is C25H45N2O2+. The third-order valence-electron chi connectivity index (χ3n) is 6.33. The smallest absolute Gasteiger partial charge is 0.243 e. The van der Waals surface area contributed by atoms with Gasteiger partial charge in [-0.25, -0.2) is 9.13 Å². The minimum Gasteiger partial charge on any atom is -0.372 e. The predicted octanol–water partition coefficient (Wildman–Crippen LogP) is 5.52. The number of hydrogen-bond acceptors (Lipinski definition) is 2. The predicted molar refractivity (Wildman–Crippen MR) is 118 cm³/mol. The lowest BCUT2D eigenvalue weighted by Crippen LogP contribution is -2.44. The lowest BCUT2D eigenvalue weighted by atomic mass is 9.85. The average molecular weight is 406 g/mol. The van der Waals surface area contributed by atoms with Crippen LogP contribution in [0.15, 0.2) is 18.7 Å². The van der Waals surface area contributed by atoms with E-state index in [1.165, 1.54) is 51.4 Å². The van der Waals surface area contributed by atoms with E-state index in [0.717, 1.165) is 13.1 Å². The van der Waals surface area contributed by atoms with Gasteiger partial charge < -0.3 is 9.47 Å². The first-order valence-corrected chi connectivity index (χ1v) is 12.0. The van der Waals surface area contributed by atoms with Gasteiger partial charge in [-0.05, 0) is 67.2 Å². The molecular weight excluding hydrogens is 360 g/mol. The van der Waals surface area contributed by atoms with Crippen molar-refractivity contribution in [3.05, 3.63) is 18.7 Å². The van der Waals surface area contributed by atoms with Crippen molar-refractivity contribution in [2.75, 3.05) is 0 Å². The van der Waals surface area contributed by atoms with Crippen molar-refractivity contribution in [3.8, 4) is 0 Å². The van der Waals surface area contributed by atoms with Crippen molar-refractivity contribution in [3.63, 3.8) is 0 Å². The molecule has 1 heterocycles. The van der Waals surface area contributed by atoms with Crippen LogP contribution >= 0.6 is 0 Å². The van der Waals surface area contributed by atoms with Gasteiger partial charge in [0.2, 0.25) is 6.33 Å². The zero-order valence-corrected chi connectivity index (χ0v) is 19.8. The van der Waals surface area contributed by atoms with Gasteiger partial charge in [-0.15, -0.1) is 0 Å². The normalized spacial score (nSPS) is 29.2. The average Bonchev–Trinajstić information content (AvgIpc) is 3.03. The third-order valence-corrected chi connectivity index (χ3v) is 6.33. The first-order valence-electron chi connectivity index (χ1n) is 12.0. The van der Waals surface area contributed by atoms with E-state index in [4.69, 9.17) is 9.47 Å². The lowest BCUT2D eigenvalue weighted by Gasteiger charge is -2.35. The Morgan fingerprint density at radius 2 is 1.31 bits per heavy atom. The molecule has 0 aliphatic heterocycles. The molecule has 1 aromatic heterocycles. The van der Waals surface area contributed by atoms with Crippen molar-refractivity contribution in [2.24, 2.45) is 11.8 Å². The standard InChI is InChI=1S/C25H45N2O2/c1-24(2,3)28-22-13-9-7-11-20(22)17-26-15-16-27(19-26)18-21-12-8-10-14-23(21)29-25(4,5)6/h15-16,19-23H,7-14,17-18H2,1-6H3/q+1. The number of hydrogen-bond donors (Lipinski definition) is 0. The molecule has 4 unspecified atom stereocenters. The Morgan fingerprint density at radius 3 is 1.90 bits per heavy atom. The molecule has 0 bridgehead atoms. The zero-order valence-electron chi connectivity index (χ0n) is 19.8. The highest BCUT2D eigenvalue weighted by Crippen LogP contribution is 2.32. The molecule has 29 heavy (non-hydrogen) atoms. The summed E-state index contributed by atoms with van der Waals surface area (Å²) in [5, 5.41) is 0. The molecule has 4 atom stereocenters. The molecule has 0 radical (unpaired) electrons. The summed E-state index contributed by atoms with van der Waals surface area (Å²) in [5.41, 5.74) is -0.111. The highest BCUT2D eigenvalue weighted by atomic mass is 16.5. The second-order valence-electron chi connectivity index (χ2n) is 11.4. The summed E-state index contributed by atoms with van der Waals surface area (Å²) >= 11 is 0. The maximum atomic E-state index is 6.42. The maximum absolute atomic E-state index is 6.42. The van der Waals surface area contributed by atoms with Crippen LogP contribution < -0.4 is 4.57 Å². The van der Waals surface area contributed by atoms with E-state index in [9.17, 15) is 0 Å². The fourth-order valence-electron chi connectivity index (χ4n) is 5.18. The summed E-state index contributed by atoms with van der Waals surface area (Å²) in [4.78, 5) is 0. The molecule has 0 amide bonds. The van der Waals surface area contributed by atoms with Crippen LogP contribution in [0.5, 0.6) is 0 Å². The van der Waals surface area contributed by atoms with Gasteiger partial charge in [0.1, 0.15) is 12.4 Å². The fourth-order valence-corrected chi connectivity index (χ4v) is 5.18. The SMILES string of the molecule is CC(C)(C)OC1CCCCC1Cn1cc[n+](CC2CCCCC2OC(C)(C)C)c1. The van der Waals surface area contributed by atoms with Crippen molar-refractivity contribution in [1.82, 2.24) is 4.57 Å². The monoisotopic (exact) mass is 405 g/mol. The Balaban J connectivity index is 1.59. The Kier molecular flexibility index (Phi) is 7.48. The molecule has 0 N–H and O–H groups in total. The Labute approximate surface area is 179 Å². The van der Waals surface area contributed by atoms with Gasteiger partial charge in [-0.2, -0.15) is 0 Å². The fraction of sp³-hybridized carbons (Fsp3) is 0.880. The minimum atomic E-state index is -0.0557. The maximum Gasteiger partial charge on any atom is 0.243 e. The van der Waals surface area contributed by atoms with Gasteiger partial charge in [0.25, 0.3) is 0 Å². The van der Waals surface area contributed by atoms with Gasteiger partial charge in [-0.3, -0.25) is 0 Å². The lowest BCUT2D eigenvalue weighted by molar-refractivity contribution is -0.704. The number of imidazole rings is 1. The van der Waals surface area contributed by atoms with Crippen molar-refractivity contribution in [2.45, 2.75) is 129 Å². The summed E-state index contributed by atoms with van der Waals surface area (Å²) in [5.74, 6) is 1.24. The highest BCUT2D eigenvalue weighted by Gasteiger charge is 2.33. The van der Waals surface area contributed by atoms with Crippen molar-refractivity contribution >= 4 is 0 Å². The third kappa shape index (κ3) is 7.40. The second-order valence-corrected chi connectivity index (χ2v) is 11.4. The molecule has 0 saturated heterocycles. The van der Waals surface area contributed by atoms with E-state index in [1.807, 2.05) is 0 Å². The van der Waals surface area contributed by atoms with Crippen LogP contribution in [-0.2, 0) is 22.6 Å². The van der Waals surface area contributed by atoms with Crippen molar-refractivity contribution < 1.29 is 14.0 Å². The van der Waals surface area contributed by atoms with Gasteiger partial charge in [0.15, 0.2) is 0 Å². The minimum absolute atomic E-state index is 0.0557. The molecule has 2 saturated carbocycles. The van der Waals surface area contributed by atoms with Crippen LogP contribution in [0.3, 0.4) is 0 Å². The van der Waals surface area contributed by atoms with Crippen LogP contribution in [0.25, 0.3) is 0 Å². The Morgan fingerprint density at radius 1 is 0.793 bits per heavy atom. The van der Waals surface area contributed by atoms with Crippen LogP contribution in [0.4, 0.5) is 0 Å². The van der Waals surface area contributed by atoms with Crippen molar-refractivity contribution in [1.29, 1.82) is 0 Å². The van der Waals surface area contributed by atoms with Crippen LogP contribution in [-0.4, -0.2) is 28.0 Å². The summed E-state index contributed by atoms with van der Waals surface area (Å²) < 4.78 is 17.6. The number of rotatable bonds is 6. The number of nitrogens with zero attached hydrogens (tertiary/aromatic N) is 2. The van der Waals surface area contributed by atoms with E-state index in [-0.39, 0.29) is 11.2 Å². The van der Waals surface area contributed by atoms with Crippen LogP contribution in [0, 0.1) is 11.8 Å². The molecule has 166 valence electrons. The van der Waals surface area contributed by atoms with Crippen LogP contribution in [0.1, 0.15) is 92.9 Å². The van der Waals surface area contributed by atoms with Crippen LogP contribution in [0.2, 0.25) is 0 Å². The quantitative estimate of drug-likeness (QED) is 0.582. The molecule has 1 aromatic rings. The first kappa shape index (κ1) is 22.8. The van der Waals surface area contributed by atoms with E-state index in [1.54, 1.807) is 0 Å². The van der Waals surface area contributed by atoms with E-state index in [2.05, 4.69) is 69.4 Å². The Bertz CT molecular complexity index is 573. The van der Waals surface area contributed by atoms with E-state index >= 15 is 0 Å². The van der Waals surface area contributed by atoms with E-state index < -0.39 is 0 Å². The summed E-state index contributed by atoms with van der Waals surface area (Å²) in [7, 11) is 0. The molecule has 4 heteroatoms. The molecule has 2 aliphatic rings. The molecule has 2 aliphatic carbocycles. The molecule has 2 fully saturated rings. The molecule has 0 spiro atoms. The first-order chi connectivity index (χ1) is 13.6. The van der Waals surface area contributed by atoms with Gasteiger partial charge in [-0.1, -0.05) is 25.7 Å². The second kappa shape index (κ2) is 9.51. The molecule has 4 nitrogen and oxygen atoms in total. The topological polar surface area (TPSA) is 27.3 Å². The number of ether oxygens (including phenoxy) is 2. The zero-order chi connectivity index (χ0) is 21.1. The largest absolute Gasteiger partial charge is 0.372 e. The summed E-state index contributed by atoms with van der Waals surface area (Å²) in [6.45, 7) is 15.2. The molecule has 3 rings (SSSR count). The summed E-state index contributed by atoms with van der Waals surface area (Å²) in [6.07, 6.45) is 17.9. The highest BCUT2D eigenvalue weighted by molar-refractivity contribution is 4.81. The van der Waals surface area contributed by atoms with Gasteiger partial charge >= 0.3 is 0 Å². The molecule has 0 aromatic carbocycles. The van der Waals surface area contributed by atoms with Gasteiger partial charge in [0.05, 0.1) is 36.5 Å². The number of aromatic nitrogens is 2. The Hall–Kier alpha value is -0.870. The van der Waals surface area contributed by atoms with Gasteiger partial charge in [0, 0.05) is 11.8 Å².